The van der Waals surface area contributed by atoms with Crippen LogP contribution in [-0.4, -0.2) is 26.3 Å². The second-order valence-electron chi connectivity index (χ2n) is 6.10. The van der Waals surface area contributed by atoms with Crippen LogP contribution in [0.2, 0.25) is 0 Å². The van der Waals surface area contributed by atoms with Gasteiger partial charge in [-0.15, -0.1) is 0 Å². The molecule has 0 heterocycles. The molecule has 0 aliphatic carbocycles. The lowest BCUT2D eigenvalue weighted by molar-refractivity contribution is -0.134. The van der Waals surface area contributed by atoms with Gasteiger partial charge in [0.05, 0.1) is 6.26 Å². The molecule has 3 N–H and O–H groups in total. The Bertz CT molecular complexity index is 902. The first-order valence-electron chi connectivity index (χ1n) is 7.99. The SMILES string of the molecule is C[C@@](NCc1ccc(OCc2cccc(F)c2)cc1)(OS(C)(=O)=O)C(N)=O. The molecule has 0 spiro atoms. The number of ether oxygens (including phenoxy) is 1. The van der Waals surface area contributed by atoms with E-state index in [1.807, 2.05) is 0 Å². The number of carbonyl (C=O) groups is 1. The van der Waals surface area contributed by atoms with Gasteiger partial charge in [0.15, 0.2) is 0 Å². The minimum atomic E-state index is -3.88. The van der Waals surface area contributed by atoms with Crippen molar-refractivity contribution >= 4 is 16.0 Å². The van der Waals surface area contributed by atoms with Crippen molar-refractivity contribution in [1.29, 1.82) is 0 Å². The lowest BCUT2D eigenvalue weighted by Gasteiger charge is -2.26. The molecule has 1 amide bonds. The molecule has 146 valence electrons. The maximum Gasteiger partial charge on any atom is 0.266 e. The molecule has 2 aromatic carbocycles. The zero-order valence-corrected chi connectivity index (χ0v) is 15.8. The largest absolute Gasteiger partial charge is 0.489 e. The fourth-order valence-electron chi connectivity index (χ4n) is 2.23. The van der Waals surface area contributed by atoms with Crippen LogP contribution in [0.1, 0.15) is 18.1 Å². The molecule has 0 aliphatic heterocycles. The lowest BCUT2D eigenvalue weighted by atomic mass is 10.2. The van der Waals surface area contributed by atoms with Crippen molar-refractivity contribution in [2.75, 3.05) is 6.26 Å². The van der Waals surface area contributed by atoms with Crippen LogP contribution in [0.3, 0.4) is 0 Å². The number of primary amides is 1. The third-order valence-electron chi connectivity index (χ3n) is 3.64. The zero-order chi connectivity index (χ0) is 20.1. The summed E-state index contributed by atoms with van der Waals surface area (Å²) in [5, 5.41) is 2.69. The first-order chi connectivity index (χ1) is 12.6. The molecule has 2 aromatic rings. The number of carbonyl (C=O) groups excluding carboxylic acids is 1. The van der Waals surface area contributed by atoms with Crippen molar-refractivity contribution in [3.8, 4) is 5.75 Å². The fourth-order valence-corrected chi connectivity index (χ4v) is 2.97. The minimum Gasteiger partial charge on any atom is -0.489 e. The maximum absolute atomic E-state index is 13.1. The van der Waals surface area contributed by atoms with E-state index < -0.39 is 21.8 Å². The van der Waals surface area contributed by atoms with E-state index in [1.165, 1.54) is 19.1 Å². The normalized spacial score (nSPS) is 13.7. The van der Waals surface area contributed by atoms with Crippen molar-refractivity contribution in [3.63, 3.8) is 0 Å². The Balaban J connectivity index is 1.95. The van der Waals surface area contributed by atoms with Gasteiger partial charge in [-0.25, -0.2) is 8.57 Å². The number of hydrogen-bond acceptors (Lipinski definition) is 6. The third kappa shape index (κ3) is 6.63. The molecule has 0 aromatic heterocycles. The lowest BCUT2D eigenvalue weighted by Crippen LogP contribution is -2.55. The summed E-state index contributed by atoms with van der Waals surface area (Å²) in [6.45, 7) is 1.60. The quantitative estimate of drug-likeness (QED) is 0.493. The van der Waals surface area contributed by atoms with Gasteiger partial charge in [-0.2, -0.15) is 8.42 Å². The summed E-state index contributed by atoms with van der Waals surface area (Å²) in [7, 11) is -3.88. The zero-order valence-electron chi connectivity index (χ0n) is 14.9. The number of rotatable bonds is 9. The van der Waals surface area contributed by atoms with Crippen LogP contribution in [0.15, 0.2) is 48.5 Å². The highest BCUT2D eigenvalue weighted by molar-refractivity contribution is 7.86. The summed E-state index contributed by atoms with van der Waals surface area (Å²) >= 11 is 0. The van der Waals surface area contributed by atoms with Gasteiger partial charge in [0.25, 0.3) is 16.0 Å². The van der Waals surface area contributed by atoms with Crippen LogP contribution in [0, 0.1) is 5.82 Å². The predicted octanol–water partition coefficient (Wildman–Crippen LogP) is 1.67. The Kier molecular flexibility index (Phi) is 6.53. The van der Waals surface area contributed by atoms with Gasteiger partial charge < -0.3 is 10.5 Å². The van der Waals surface area contributed by atoms with Crippen LogP contribution in [0.5, 0.6) is 5.75 Å². The summed E-state index contributed by atoms with van der Waals surface area (Å²) < 4.78 is 46.1. The summed E-state index contributed by atoms with van der Waals surface area (Å²) in [4.78, 5) is 11.5. The molecule has 0 fully saturated rings. The molecule has 1 atom stereocenters. The number of nitrogens with one attached hydrogen (secondary N) is 1. The molecule has 0 bridgehead atoms. The molecule has 0 unspecified atom stereocenters. The van der Waals surface area contributed by atoms with Gasteiger partial charge in [0, 0.05) is 6.54 Å². The summed E-state index contributed by atoms with van der Waals surface area (Å²) in [6, 6.07) is 13.0. The van der Waals surface area contributed by atoms with E-state index in [1.54, 1.807) is 36.4 Å². The second-order valence-corrected chi connectivity index (χ2v) is 7.68. The van der Waals surface area contributed by atoms with Gasteiger partial charge >= 0.3 is 0 Å². The monoisotopic (exact) mass is 396 g/mol. The van der Waals surface area contributed by atoms with E-state index in [0.717, 1.165) is 11.8 Å². The molecule has 7 nitrogen and oxygen atoms in total. The van der Waals surface area contributed by atoms with Crippen molar-refractivity contribution in [2.45, 2.75) is 25.8 Å². The van der Waals surface area contributed by atoms with Crippen LogP contribution < -0.4 is 15.8 Å². The highest BCUT2D eigenvalue weighted by Crippen LogP contribution is 2.16. The molecule has 0 saturated heterocycles. The minimum absolute atomic E-state index is 0.138. The molecule has 2 rings (SSSR count). The van der Waals surface area contributed by atoms with Crippen molar-refractivity contribution in [3.05, 3.63) is 65.5 Å². The summed E-state index contributed by atoms with van der Waals surface area (Å²) in [5.74, 6) is -0.706. The Morgan fingerprint density at radius 2 is 1.85 bits per heavy atom. The molecule has 9 heteroatoms. The molecular formula is C18H21FN2O5S. The summed E-state index contributed by atoms with van der Waals surface area (Å²) in [5.41, 5.74) is 4.83. The number of halogens is 1. The molecule has 0 aliphatic rings. The van der Waals surface area contributed by atoms with Crippen molar-refractivity contribution < 1.29 is 26.5 Å². The van der Waals surface area contributed by atoms with Crippen molar-refractivity contribution in [2.24, 2.45) is 5.73 Å². The predicted molar refractivity (Wildman–Crippen MR) is 97.5 cm³/mol. The first-order valence-corrected chi connectivity index (χ1v) is 9.81. The van der Waals surface area contributed by atoms with E-state index in [-0.39, 0.29) is 19.0 Å². The van der Waals surface area contributed by atoms with Crippen molar-refractivity contribution in [1.82, 2.24) is 5.32 Å². The Morgan fingerprint density at radius 3 is 2.41 bits per heavy atom. The van der Waals surface area contributed by atoms with E-state index >= 15 is 0 Å². The van der Waals surface area contributed by atoms with Gasteiger partial charge in [0.1, 0.15) is 18.2 Å². The number of hydrogen-bond donors (Lipinski definition) is 2. The van der Waals surface area contributed by atoms with Crippen LogP contribution >= 0.6 is 0 Å². The molecular weight excluding hydrogens is 375 g/mol. The number of benzene rings is 2. The Hall–Kier alpha value is -2.49. The third-order valence-corrected chi connectivity index (χ3v) is 4.27. The second kappa shape index (κ2) is 8.47. The topological polar surface area (TPSA) is 108 Å². The van der Waals surface area contributed by atoms with Gasteiger partial charge in [-0.1, -0.05) is 24.3 Å². The molecule has 0 radical (unpaired) electrons. The first kappa shape index (κ1) is 20.8. The van der Waals surface area contributed by atoms with Gasteiger partial charge in [-0.05, 0) is 42.3 Å². The van der Waals surface area contributed by atoms with Gasteiger partial charge in [0.2, 0.25) is 5.72 Å². The maximum atomic E-state index is 13.1. The fraction of sp³-hybridized carbons (Fsp3) is 0.278. The van der Waals surface area contributed by atoms with Crippen LogP contribution in [0.4, 0.5) is 4.39 Å². The molecule has 27 heavy (non-hydrogen) atoms. The Labute approximate surface area is 157 Å². The highest BCUT2D eigenvalue weighted by Gasteiger charge is 2.35. The average molecular weight is 396 g/mol. The van der Waals surface area contributed by atoms with E-state index in [9.17, 15) is 17.6 Å². The average Bonchev–Trinajstić information content (AvgIpc) is 2.57. The van der Waals surface area contributed by atoms with Crippen LogP contribution in [-0.2, 0) is 32.2 Å². The summed E-state index contributed by atoms with van der Waals surface area (Å²) in [6.07, 6.45) is 0.834. The van der Waals surface area contributed by atoms with E-state index in [4.69, 9.17) is 14.7 Å². The smallest absolute Gasteiger partial charge is 0.266 e. The number of nitrogens with two attached hydrogens (primary N) is 1. The van der Waals surface area contributed by atoms with Gasteiger partial charge in [-0.3, -0.25) is 10.1 Å². The van der Waals surface area contributed by atoms with Crippen LogP contribution in [0.25, 0.3) is 0 Å². The molecule has 0 saturated carbocycles. The van der Waals surface area contributed by atoms with E-state index in [2.05, 4.69) is 5.32 Å². The number of amides is 1. The highest BCUT2D eigenvalue weighted by atomic mass is 32.2. The standard InChI is InChI=1S/C18H21FN2O5S/c1-18(17(20)22,26-27(2,23)24)21-11-13-6-8-16(9-7-13)25-12-14-4-3-5-15(19)10-14/h3-10,21H,11-12H2,1-2H3,(H2,20,22)/t18-/m1/s1. The van der Waals surface area contributed by atoms with E-state index in [0.29, 0.717) is 11.3 Å². The Morgan fingerprint density at radius 1 is 1.19 bits per heavy atom.